The average molecular weight is 169 g/mol. The molecule has 0 bridgehead atoms. The third kappa shape index (κ3) is 2.20. The molecule has 1 aromatic rings. The van der Waals surface area contributed by atoms with E-state index in [1.807, 2.05) is 7.05 Å². The lowest BCUT2D eigenvalue weighted by Gasteiger charge is -2.10. The molecule has 0 saturated heterocycles. The van der Waals surface area contributed by atoms with Gasteiger partial charge in [0.1, 0.15) is 5.82 Å². The van der Waals surface area contributed by atoms with Crippen LogP contribution in [0.1, 0.15) is 13.3 Å². The molecule has 1 heterocycles. The summed E-state index contributed by atoms with van der Waals surface area (Å²) in [5.74, 6) is 0.902. The molecular formula is C7H15N5. The SMILES string of the molecule is CCC(N)CNc1cnnn1C. The number of hydrogen-bond donors (Lipinski definition) is 2. The minimum atomic E-state index is 0.194. The molecule has 0 saturated carbocycles. The van der Waals surface area contributed by atoms with Gasteiger partial charge in [0.25, 0.3) is 0 Å². The van der Waals surface area contributed by atoms with Crippen LogP contribution in [0.2, 0.25) is 0 Å². The molecule has 0 aliphatic carbocycles. The van der Waals surface area contributed by atoms with Crippen LogP contribution in [-0.2, 0) is 7.05 Å². The number of aryl methyl sites for hydroxylation is 1. The second-order valence-electron chi connectivity index (χ2n) is 2.79. The number of nitrogens with two attached hydrogens (primary N) is 1. The molecule has 0 spiro atoms. The molecule has 1 unspecified atom stereocenters. The highest BCUT2D eigenvalue weighted by atomic mass is 15.4. The van der Waals surface area contributed by atoms with Crippen molar-refractivity contribution in [3.8, 4) is 0 Å². The first-order valence-corrected chi connectivity index (χ1v) is 4.08. The van der Waals surface area contributed by atoms with Crippen molar-refractivity contribution in [2.75, 3.05) is 11.9 Å². The largest absolute Gasteiger partial charge is 0.367 e. The van der Waals surface area contributed by atoms with E-state index in [1.54, 1.807) is 10.9 Å². The standard InChI is InChI=1S/C7H15N5/c1-3-6(8)4-9-7-5-10-11-12(7)2/h5-6,9H,3-4,8H2,1-2H3. The van der Waals surface area contributed by atoms with E-state index in [1.165, 1.54) is 0 Å². The molecule has 1 aromatic heterocycles. The summed E-state index contributed by atoms with van der Waals surface area (Å²) in [4.78, 5) is 0. The Morgan fingerprint density at radius 2 is 2.50 bits per heavy atom. The van der Waals surface area contributed by atoms with E-state index in [0.29, 0.717) is 0 Å². The quantitative estimate of drug-likeness (QED) is 0.664. The maximum Gasteiger partial charge on any atom is 0.144 e. The van der Waals surface area contributed by atoms with Crippen LogP contribution >= 0.6 is 0 Å². The zero-order valence-corrected chi connectivity index (χ0v) is 7.49. The third-order valence-electron chi connectivity index (χ3n) is 1.78. The van der Waals surface area contributed by atoms with Crippen molar-refractivity contribution in [2.45, 2.75) is 19.4 Å². The first-order chi connectivity index (χ1) is 5.74. The maximum absolute atomic E-state index is 5.73. The van der Waals surface area contributed by atoms with Gasteiger partial charge in [-0.3, -0.25) is 0 Å². The van der Waals surface area contributed by atoms with Crippen LogP contribution in [0.25, 0.3) is 0 Å². The number of nitrogens with zero attached hydrogens (tertiary/aromatic N) is 3. The molecule has 0 aromatic carbocycles. The van der Waals surface area contributed by atoms with E-state index < -0.39 is 0 Å². The number of nitrogens with one attached hydrogen (secondary N) is 1. The van der Waals surface area contributed by atoms with Gasteiger partial charge in [-0.2, -0.15) is 0 Å². The molecule has 0 amide bonds. The van der Waals surface area contributed by atoms with Crippen molar-refractivity contribution < 1.29 is 0 Å². The highest BCUT2D eigenvalue weighted by Gasteiger charge is 2.01. The molecule has 5 heteroatoms. The Labute approximate surface area is 71.9 Å². The van der Waals surface area contributed by atoms with Gasteiger partial charge < -0.3 is 11.1 Å². The molecule has 12 heavy (non-hydrogen) atoms. The van der Waals surface area contributed by atoms with Crippen LogP contribution in [0.5, 0.6) is 0 Å². The van der Waals surface area contributed by atoms with Crippen molar-refractivity contribution >= 4 is 5.82 Å². The van der Waals surface area contributed by atoms with Gasteiger partial charge in [-0.1, -0.05) is 12.1 Å². The molecule has 5 nitrogen and oxygen atoms in total. The van der Waals surface area contributed by atoms with E-state index in [-0.39, 0.29) is 6.04 Å². The second kappa shape index (κ2) is 4.06. The first-order valence-electron chi connectivity index (χ1n) is 4.08. The average Bonchev–Trinajstić information content (AvgIpc) is 2.47. The van der Waals surface area contributed by atoms with Gasteiger partial charge in [0.15, 0.2) is 0 Å². The zero-order chi connectivity index (χ0) is 8.97. The molecule has 68 valence electrons. The fourth-order valence-corrected chi connectivity index (χ4v) is 0.830. The molecule has 1 atom stereocenters. The van der Waals surface area contributed by atoms with E-state index in [2.05, 4.69) is 22.6 Å². The van der Waals surface area contributed by atoms with Gasteiger partial charge in [0.05, 0.1) is 6.20 Å². The van der Waals surface area contributed by atoms with E-state index in [0.717, 1.165) is 18.8 Å². The van der Waals surface area contributed by atoms with Crippen LogP contribution in [0.4, 0.5) is 5.82 Å². The number of rotatable bonds is 4. The van der Waals surface area contributed by atoms with Gasteiger partial charge in [-0.25, -0.2) is 4.68 Å². The monoisotopic (exact) mass is 169 g/mol. The summed E-state index contributed by atoms with van der Waals surface area (Å²) in [6.07, 6.45) is 2.65. The van der Waals surface area contributed by atoms with Gasteiger partial charge >= 0.3 is 0 Å². The van der Waals surface area contributed by atoms with Crippen LogP contribution < -0.4 is 11.1 Å². The Morgan fingerprint density at radius 3 is 3.00 bits per heavy atom. The third-order valence-corrected chi connectivity index (χ3v) is 1.78. The Morgan fingerprint density at radius 1 is 1.75 bits per heavy atom. The minimum absolute atomic E-state index is 0.194. The van der Waals surface area contributed by atoms with Crippen LogP contribution in [0.3, 0.4) is 0 Å². The highest BCUT2D eigenvalue weighted by molar-refractivity contribution is 5.30. The van der Waals surface area contributed by atoms with Crippen LogP contribution in [-0.4, -0.2) is 27.6 Å². The highest BCUT2D eigenvalue weighted by Crippen LogP contribution is 2.00. The lowest BCUT2D eigenvalue weighted by Crippen LogP contribution is -2.28. The fourth-order valence-electron chi connectivity index (χ4n) is 0.830. The molecular weight excluding hydrogens is 154 g/mol. The van der Waals surface area contributed by atoms with Crippen LogP contribution in [0.15, 0.2) is 6.20 Å². The van der Waals surface area contributed by atoms with Crippen molar-refractivity contribution in [3.63, 3.8) is 0 Å². The normalized spacial score (nSPS) is 12.9. The first kappa shape index (κ1) is 8.99. The second-order valence-corrected chi connectivity index (χ2v) is 2.79. The molecule has 0 fully saturated rings. The lowest BCUT2D eigenvalue weighted by atomic mass is 10.2. The van der Waals surface area contributed by atoms with Crippen molar-refractivity contribution in [3.05, 3.63) is 6.20 Å². The summed E-state index contributed by atoms with van der Waals surface area (Å²) in [6, 6.07) is 0.194. The fraction of sp³-hybridized carbons (Fsp3) is 0.714. The predicted molar refractivity (Wildman–Crippen MR) is 47.8 cm³/mol. The lowest BCUT2D eigenvalue weighted by molar-refractivity contribution is 0.666. The minimum Gasteiger partial charge on any atom is -0.367 e. The van der Waals surface area contributed by atoms with Crippen molar-refractivity contribution in [2.24, 2.45) is 12.8 Å². The number of anilines is 1. The smallest absolute Gasteiger partial charge is 0.144 e. The molecule has 3 N–H and O–H groups in total. The van der Waals surface area contributed by atoms with E-state index in [4.69, 9.17) is 5.73 Å². The zero-order valence-electron chi connectivity index (χ0n) is 7.49. The number of hydrogen-bond acceptors (Lipinski definition) is 4. The van der Waals surface area contributed by atoms with Gasteiger partial charge in [-0.05, 0) is 6.42 Å². The summed E-state index contributed by atoms with van der Waals surface area (Å²) >= 11 is 0. The Balaban J connectivity index is 2.38. The van der Waals surface area contributed by atoms with Gasteiger partial charge in [0.2, 0.25) is 0 Å². The molecule has 0 radical (unpaired) electrons. The van der Waals surface area contributed by atoms with E-state index in [9.17, 15) is 0 Å². The van der Waals surface area contributed by atoms with Crippen molar-refractivity contribution in [1.29, 1.82) is 0 Å². The molecule has 0 aliphatic rings. The Bertz CT molecular complexity index is 231. The maximum atomic E-state index is 5.73. The van der Waals surface area contributed by atoms with Crippen molar-refractivity contribution in [1.82, 2.24) is 15.0 Å². The summed E-state index contributed by atoms with van der Waals surface area (Å²) in [5.41, 5.74) is 5.73. The molecule has 0 aliphatic heterocycles. The Kier molecular flexibility index (Phi) is 3.04. The Hall–Kier alpha value is -1.10. The summed E-state index contributed by atoms with van der Waals surface area (Å²) in [5, 5.41) is 10.7. The summed E-state index contributed by atoms with van der Waals surface area (Å²) in [6.45, 7) is 2.82. The number of aromatic nitrogens is 3. The summed E-state index contributed by atoms with van der Waals surface area (Å²) < 4.78 is 1.68. The topological polar surface area (TPSA) is 68.8 Å². The summed E-state index contributed by atoms with van der Waals surface area (Å²) in [7, 11) is 1.84. The van der Waals surface area contributed by atoms with Crippen LogP contribution in [0, 0.1) is 0 Å². The molecule has 1 rings (SSSR count). The predicted octanol–water partition coefficient (Wildman–Crippen LogP) is -0.0357. The van der Waals surface area contributed by atoms with E-state index >= 15 is 0 Å². The van der Waals surface area contributed by atoms with Gasteiger partial charge in [0, 0.05) is 19.6 Å². The van der Waals surface area contributed by atoms with Gasteiger partial charge in [-0.15, -0.1) is 5.10 Å².